The van der Waals surface area contributed by atoms with E-state index < -0.39 is 0 Å². The lowest BCUT2D eigenvalue weighted by atomic mass is 9.93. The van der Waals surface area contributed by atoms with Crippen molar-refractivity contribution in [1.82, 2.24) is 5.32 Å². The Kier molecular flexibility index (Phi) is 5.88. The normalized spacial score (nSPS) is 21.9. The van der Waals surface area contributed by atoms with Crippen LogP contribution in [0.4, 0.5) is 5.69 Å². The number of carbonyl (C=O) groups is 1. The molecule has 1 aliphatic carbocycles. The predicted molar refractivity (Wildman–Crippen MR) is 86.0 cm³/mol. The van der Waals surface area contributed by atoms with Gasteiger partial charge in [-0.15, -0.1) is 0 Å². The molecule has 4 nitrogen and oxygen atoms in total. The average Bonchev–Trinajstić information content (AvgIpc) is 2.48. The Morgan fingerprint density at radius 1 is 1.33 bits per heavy atom. The number of amides is 1. The molecule has 0 aromatic heterocycles. The van der Waals surface area contributed by atoms with Crippen LogP contribution in [0.5, 0.6) is 0 Å². The topological polar surface area (TPSA) is 61.4 Å². The van der Waals surface area contributed by atoms with Crippen molar-refractivity contribution in [3.63, 3.8) is 0 Å². The number of hydrogen-bond donors (Lipinski definition) is 3. The Morgan fingerprint density at radius 2 is 2.05 bits per heavy atom. The molecule has 0 radical (unpaired) electrons. The zero-order chi connectivity index (χ0) is 15.2. The lowest BCUT2D eigenvalue weighted by molar-refractivity contribution is 0.0868. The van der Waals surface area contributed by atoms with Gasteiger partial charge in [-0.2, -0.15) is 0 Å². The first-order valence-corrected chi connectivity index (χ1v) is 8.00. The number of aliphatic hydroxyl groups excluding tert-OH is 1. The second-order valence-electron chi connectivity index (χ2n) is 5.60. The molecule has 1 aromatic carbocycles. The van der Waals surface area contributed by atoms with E-state index in [1.807, 2.05) is 6.07 Å². The summed E-state index contributed by atoms with van der Waals surface area (Å²) in [4.78, 5) is 12.5. The summed E-state index contributed by atoms with van der Waals surface area (Å²) in [7, 11) is 0. The van der Waals surface area contributed by atoms with Crippen molar-refractivity contribution in [2.45, 2.75) is 51.2 Å². The Hall–Kier alpha value is -1.26. The van der Waals surface area contributed by atoms with Crippen LogP contribution in [-0.2, 0) is 0 Å². The molecule has 0 aliphatic heterocycles. The molecular weight excluding hydrogens is 288 g/mol. The monoisotopic (exact) mass is 310 g/mol. The zero-order valence-electron chi connectivity index (χ0n) is 12.4. The van der Waals surface area contributed by atoms with E-state index in [4.69, 9.17) is 11.6 Å². The number of benzene rings is 1. The zero-order valence-corrected chi connectivity index (χ0v) is 13.1. The minimum atomic E-state index is -0.217. The summed E-state index contributed by atoms with van der Waals surface area (Å²) in [6.07, 6.45) is 3.93. The number of rotatable bonds is 5. The molecule has 21 heavy (non-hydrogen) atoms. The Labute approximate surface area is 130 Å². The van der Waals surface area contributed by atoms with Gasteiger partial charge in [0, 0.05) is 23.3 Å². The van der Waals surface area contributed by atoms with Crippen LogP contribution in [0.25, 0.3) is 0 Å². The summed E-state index contributed by atoms with van der Waals surface area (Å²) < 4.78 is 0. The van der Waals surface area contributed by atoms with Crippen LogP contribution in [0.2, 0.25) is 5.02 Å². The number of hydrogen-bond acceptors (Lipinski definition) is 3. The highest BCUT2D eigenvalue weighted by Crippen LogP contribution is 2.23. The van der Waals surface area contributed by atoms with Gasteiger partial charge in [0.05, 0.1) is 11.7 Å². The summed E-state index contributed by atoms with van der Waals surface area (Å²) in [5.74, 6) is -0.0995. The van der Waals surface area contributed by atoms with E-state index in [0.29, 0.717) is 10.6 Å². The van der Waals surface area contributed by atoms with Crippen LogP contribution < -0.4 is 10.6 Å². The van der Waals surface area contributed by atoms with Crippen LogP contribution in [-0.4, -0.2) is 29.7 Å². The SMILES string of the molecule is CCCNc1ccc(Cl)cc1C(=O)NC1CCC(O)CC1. The lowest BCUT2D eigenvalue weighted by Gasteiger charge is -2.26. The molecule has 1 amide bonds. The minimum absolute atomic E-state index is 0.0995. The molecule has 1 saturated carbocycles. The van der Waals surface area contributed by atoms with Crippen molar-refractivity contribution in [2.24, 2.45) is 0 Å². The third-order valence-electron chi connectivity index (χ3n) is 3.82. The number of aliphatic hydroxyl groups is 1. The van der Waals surface area contributed by atoms with Gasteiger partial charge >= 0.3 is 0 Å². The van der Waals surface area contributed by atoms with Crippen molar-refractivity contribution in [3.8, 4) is 0 Å². The number of halogens is 1. The van der Waals surface area contributed by atoms with Gasteiger partial charge in [0.2, 0.25) is 0 Å². The Morgan fingerprint density at radius 3 is 2.71 bits per heavy atom. The van der Waals surface area contributed by atoms with Crippen LogP contribution in [0.3, 0.4) is 0 Å². The maximum absolute atomic E-state index is 12.5. The van der Waals surface area contributed by atoms with E-state index in [0.717, 1.165) is 44.3 Å². The molecule has 1 aromatic rings. The highest BCUT2D eigenvalue weighted by molar-refractivity contribution is 6.31. The largest absolute Gasteiger partial charge is 0.393 e. The first-order valence-electron chi connectivity index (χ1n) is 7.62. The lowest BCUT2D eigenvalue weighted by Crippen LogP contribution is -2.38. The molecule has 116 valence electrons. The fraction of sp³-hybridized carbons (Fsp3) is 0.562. The van der Waals surface area contributed by atoms with Gasteiger partial charge in [-0.1, -0.05) is 18.5 Å². The van der Waals surface area contributed by atoms with Gasteiger partial charge in [-0.25, -0.2) is 0 Å². The molecule has 0 heterocycles. The summed E-state index contributed by atoms with van der Waals surface area (Å²) in [5.41, 5.74) is 1.40. The number of carbonyl (C=O) groups excluding carboxylic acids is 1. The molecule has 3 N–H and O–H groups in total. The van der Waals surface area contributed by atoms with E-state index >= 15 is 0 Å². The molecule has 0 saturated heterocycles. The first kappa shape index (κ1) is 16.1. The Balaban J connectivity index is 2.05. The van der Waals surface area contributed by atoms with Crippen molar-refractivity contribution >= 4 is 23.2 Å². The maximum Gasteiger partial charge on any atom is 0.253 e. The third-order valence-corrected chi connectivity index (χ3v) is 4.06. The molecule has 0 spiro atoms. The second-order valence-corrected chi connectivity index (χ2v) is 6.03. The fourth-order valence-electron chi connectivity index (χ4n) is 2.60. The molecule has 0 unspecified atom stereocenters. The molecule has 0 bridgehead atoms. The van der Waals surface area contributed by atoms with Gasteiger partial charge in [0.15, 0.2) is 0 Å². The van der Waals surface area contributed by atoms with Crippen molar-refractivity contribution in [1.29, 1.82) is 0 Å². The van der Waals surface area contributed by atoms with E-state index in [2.05, 4.69) is 17.6 Å². The van der Waals surface area contributed by atoms with E-state index in [9.17, 15) is 9.90 Å². The summed E-state index contributed by atoms with van der Waals surface area (Å²) >= 11 is 6.02. The van der Waals surface area contributed by atoms with Gasteiger partial charge in [-0.05, 0) is 50.3 Å². The third kappa shape index (κ3) is 4.61. The van der Waals surface area contributed by atoms with Crippen molar-refractivity contribution in [3.05, 3.63) is 28.8 Å². The molecule has 2 rings (SSSR count). The molecule has 0 atom stereocenters. The summed E-state index contributed by atoms with van der Waals surface area (Å²) in [6, 6.07) is 5.47. The molecule has 1 aliphatic rings. The standard InChI is InChI=1S/C16H23ClN2O2/c1-2-9-18-15-8-3-11(17)10-14(15)16(21)19-12-4-6-13(20)7-5-12/h3,8,10,12-13,18,20H,2,4-7,9H2,1H3,(H,19,21). The minimum Gasteiger partial charge on any atom is -0.393 e. The molecule has 5 heteroatoms. The van der Waals surface area contributed by atoms with Gasteiger partial charge < -0.3 is 15.7 Å². The number of anilines is 1. The second kappa shape index (κ2) is 7.66. The van der Waals surface area contributed by atoms with Crippen LogP contribution in [0, 0.1) is 0 Å². The Bertz CT molecular complexity index is 485. The van der Waals surface area contributed by atoms with Crippen molar-refractivity contribution in [2.75, 3.05) is 11.9 Å². The van der Waals surface area contributed by atoms with Gasteiger partial charge in [0.25, 0.3) is 5.91 Å². The fourth-order valence-corrected chi connectivity index (χ4v) is 2.77. The molecular formula is C16H23ClN2O2. The van der Waals surface area contributed by atoms with Crippen molar-refractivity contribution < 1.29 is 9.90 Å². The highest BCUT2D eigenvalue weighted by atomic mass is 35.5. The van der Waals surface area contributed by atoms with E-state index in [-0.39, 0.29) is 18.1 Å². The number of nitrogens with one attached hydrogen (secondary N) is 2. The quantitative estimate of drug-likeness (QED) is 0.782. The molecule has 1 fully saturated rings. The van der Waals surface area contributed by atoms with E-state index in [1.54, 1.807) is 12.1 Å². The van der Waals surface area contributed by atoms with Crippen LogP contribution >= 0.6 is 11.6 Å². The van der Waals surface area contributed by atoms with E-state index in [1.165, 1.54) is 0 Å². The van der Waals surface area contributed by atoms with Crippen LogP contribution in [0.1, 0.15) is 49.4 Å². The van der Waals surface area contributed by atoms with Gasteiger partial charge in [0.1, 0.15) is 0 Å². The van der Waals surface area contributed by atoms with Crippen LogP contribution in [0.15, 0.2) is 18.2 Å². The smallest absolute Gasteiger partial charge is 0.253 e. The first-order chi connectivity index (χ1) is 10.1. The van der Waals surface area contributed by atoms with Gasteiger partial charge in [-0.3, -0.25) is 4.79 Å². The highest BCUT2D eigenvalue weighted by Gasteiger charge is 2.22. The summed E-state index contributed by atoms with van der Waals surface area (Å²) in [6.45, 7) is 2.90. The summed E-state index contributed by atoms with van der Waals surface area (Å²) in [5, 5.41) is 16.4. The maximum atomic E-state index is 12.5. The predicted octanol–water partition coefficient (Wildman–Crippen LogP) is 3.20. The average molecular weight is 311 g/mol.